The lowest BCUT2D eigenvalue weighted by atomic mass is 9.98. The average Bonchev–Trinajstić information content (AvgIpc) is 2.90. The summed E-state index contributed by atoms with van der Waals surface area (Å²) in [6.45, 7) is 6.42. The van der Waals surface area contributed by atoms with Gasteiger partial charge in [0.15, 0.2) is 0 Å². The minimum Gasteiger partial charge on any atom is -0.325 e. The Kier molecular flexibility index (Phi) is 5.08. The van der Waals surface area contributed by atoms with Crippen LogP contribution in [0, 0.1) is 5.92 Å². The molecule has 0 aromatic heterocycles. The molecule has 0 aromatic carbocycles. The van der Waals surface area contributed by atoms with Gasteiger partial charge in [-0.05, 0) is 52.2 Å². The third-order valence-corrected chi connectivity index (χ3v) is 4.65. The Bertz CT molecular complexity index is 335. The molecule has 0 aromatic rings. The number of rotatable bonds is 6. The molecule has 1 N–H and O–H groups in total. The van der Waals surface area contributed by atoms with E-state index in [0.29, 0.717) is 11.8 Å². The van der Waals surface area contributed by atoms with Crippen LogP contribution in [0.5, 0.6) is 0 Å². The minimum atomic E-state index is -0.211. The molecule has 0 bridgehead atoms. The second-order valence-corrected chi connectivity index (χ2v) is 7.23. The number of nitrogens with zero attached hydrogens (tertiary/aromatic N) is 2. The quantitative estimate of drug-likeness (QED) is 0.809. The van der Waals surface area contributed by atoms with Crippen molar-refractivity contribution in [2.75, 3.05) is 27.2 Å². The molecule has 1 spiro atoms. The molecule has 1 saturated carbocycles. The first kappa shape index (κ1) is 15.8. The molecule has 1 aliphatic carbocycles. The van der Waals surface area contributed by atoms with Gasteiger partial charge >= 0.3 is 0 Å². The van der Waals surface area contributed by atoms with Crippen molar-refractivity contribution >= 4 is 5.91 Å². The molecule has 2 fully saturated rings. The van der Waals surface area contributed by atoms with Crippen LogP contribution in [0.25, 0.3) is 0 Å². The standard InChI is InChI=1S/C16H31N3O/c1-13(2)12-14-17-16(8-5-6-9-16)15(20)19(14)11-7-10-18(3)4/h13-14,17H,5-12H2,1-4H3. The molecule has 1 aliphatic heterocycles. The molecule has 0 radical (unpaired) electrons. The maximum Gasteiger partial charge on any atom is 0.244 e. The Morgan fingerprint density at radius 3 is 2.55 bits per heavy atom. The van der Waals surface area contributed by atoms with E-state index in [4.69, 9.17) is 0 Å². The Labute approximate surface area is 123 Å². The van der Waals surface area contributed by atoms with E-state index >= 15 is 0 Å². The molecule has 1 amide bonds. The fourth-order valence-electron chi connectivity index (χ4n) is 3.66. The van der Waals surface area contributed by atoms with Gasteiger partial charge in [-0.3, -0.25) is 10.1 Å². The fourth-order valence-corrected chi connectivity index (χ4v) is 3.66. The molecular formula is C16H31N3O. The summed E-state index contributed by atoms with van der Waals surface area (Å²) in [6.07, 6.45) is 6.83. The summed E-state index contributed by atoms with van der Waals surface area (Å²) in [5.41, 5.74) is -0.211. The van der Waals surface area contributed by atoms with E-state index in [-0.39, 0.29) is 11.7 Å². The molecule has 2 rings (SSSR count). The molecule has 116 valence electrons. The second kappa shape index (κ2) is 6.44. The first-order valence-corrected chi connectivity index (χ1v) is 8.18. The highest BCUT2D eigenvalue weighted by atomic mass is 16.2. The van der Waals surface area contributed by atoms with Gasteiger partial charge < -0.3 is 9.80 Å². The minimum absolute atomic E-state index is 0.211. The predicted molar refractivity (Wildman–Crippen MR) is 82.5 cm³/mol. The molecule has 20 heavy (non-hydrogen) atoms. The van der Waals surface area contributed by atoms with Gasteiger partial charge in [-0.1, -0.05) is 26.7 Å². The summed E-state index contributed by atoms with van der Waals surface area (Å²) < 4.78 is 0. The number of carbonyl (C=O) groups is 1. The van der Waals surface area contributed by atoms with E-state index < -0.39 is 0 Å². The first-order valence-electron chi connectivity index (χ1n) is 8.18. The van der Waals surface area contributed by atoms with Crippen LogP contribution in [0.3, 0.4) is 0 Å². The third-order valence-electron chi connectivity index (χ3n) is 4.65. The summed E-state index contributed by atoms with van der Waals surface area (Å²) in [5.74, 6) is 0.993. The molecule has 2 aliphatic rings. The third kappa shape index (κ3) is 3.34. The van der Waals surface area contributed by atoms with E-state index in [1.165, 1.54) is 12.8 Å². The molecule has 1 heterocycles. The second-order valence-electron chi connectivity index (χ2n) is 7.23. The zero-order valence-corrected chi connectivity index (χ0v) is 13.6. The van der Waals surface area contributed by atoms with Crippen molar-refractivity contribution in [3.63, 3.8) is 0 Å². The average molecular weight is 281 g/mol. The van der Waals surface area contributed by atoms with E-state index in [2.05, 4.69) is 43.1 Å². The van der Waals surface area contributed by atoms with Gasteiger partial charge in [0.25, 0.3) is 0 Å². The lowest BCUT2D eigenvalue weighted by Gasteiger charge is -2.26. The van der Waals surface area contributed by atoms with Crippen molar-refractivity contribution in [3.8, 4) is 0 Å². The monoisotopic (exact) mass is 281 g/mol. The van der Waals surface area contributed by atoms with Crippen molar-refractivity contribution in [1.29, 1.82) is 0 Å². The van der Waals surface area contributed by atoms with Gasteiger partial charge in [-0.2, -0.15) is 0 Å². The Hall–Kier alpha value is -0.610. The number of amides is 1. The molecule has 1 saturated heterocycles. The number of hydrogen-bond donors (Lipinski definition) is 1. The van der Waals surface area contributed by atoms with Gasteiger partial charge in [0.05, 0.1) is 11.7 Å². The van der Waals surface area contributed by atoms with Crippen molar-refractivity contribution in [2.24, 2.45) is 5.92 Å². The maximum absolute atomic E-state index is 12.8. The Balaban J connectivity index is 2.02. The van der Waals surface area contributed by atoms with Gasteiger partial charge in [0.1, 0.15) is 0 Å². The maximum atomic E-state index is 12.8. The highest BCUT2D eigenvalue weighted by Crippen LogP contribution is 2.37. The highest BCUT2D eigenvalue weighted by Gasteiger charge is 2.51. The largest absolute Gasteiger partial charge is 0.325 e. The van der Waals surface area contributed by atoms with Gasteiger partial charge in [-0.25, -0.2) is 0 Å². The molecule has 4 heteroatoms. The van der Waals surface area contributed by atoms with Crippen LogP contribution in [0.15, 0.2) is 0 Å². The van der Waals surface area contributed by atoms with Gasteiger partial charge in [-0.15, -0.1) is 0 Å². The van der Waals surface area contributed by atoms with Crippen molar-refractivity contribution in [1.82, 2.24) is 15.1 Å². The zero-order chi connectivity index (χ0) is 14.8. The molecular weight excluding hydrogens is 250 g/mol. The van der Waals surface area contributed by atoms with Crippen LogP contribution >= 0.6 is 0 Å². The van der Waals surface area contributed by atoms with E-state index in [0.717, 1.165) is 38.8 Å². The summed E-state index contributed by atoms with van der Waals surface area (Å²) >= 11 is 0. The lowest BCUT2D eigenvalue weighted by molar-refractivity contribution is -0.133. The van der Waals surface area contributed by atoms with Crippen LogP contribution in [-0.2, 0) is 4.79 Å². The van der Waals surface area contributed by atoms with Gasteiger partial charge in [0.2, 0.25) is 5.91 Å². The van der Waals surface area contributed by atoms with E-state index in [9.17, 15) is 4.79 Å². The molecule has 1 atom stereocenters. The Morgan fingerprint density at radius 2 is 2.00 bits per heavy atom. The topological polar surface area (TPSA) is 35.6 Å². The fraction of sp³-hybridized carbons (Fsp3) is 0.938. The normalized spacial score (nSPS) is 25.6. The van der Waals surface area contributed by atoms with Crippen molar-refractivity contribution < 1.29 is 4.79 Å². The molecule has 4 nitrogen and oxygen atoms in total. The van der Waals surface area contributed by atoms with Crippen molar-refractivity contribution in [2.45, 2.75) is 64.1 Å². The summed E-state index contributed by atoms with van der Waals surface area (Å²) in [6, 6.07) is 0. The van der Waals surface area contributed by atoms with Crippen LogP contribution in [-0.4, -0.2) is 54.6 Å². The predicted octanol–water partition coefficient (Wildman–Crippen LogP) is 2.05. The number of hydrogen-bond acceptors (Lipinski definition) is 3. The van der Waals surface area contributed by atoms with Crippen LogP contribution < -0.4 is 5.32 Å². The summed E-state index contributed by atoms with van der Waals surface area (Å²) in [5, 5.41) is 3.70. The summed E-state index contributed by atoms with van der Waals surface area (Å²) in [7, 11) is 4.18. The van der Waals surface area contributed by atoms with Crippen molar-refractivity contribution in [3.05, 3.63) is 0 Å². The zero-order valence-electron chi connectivity index (χ0n) is 13.6. The number of nitrogens with one attached hydrogen (secondary N) is 1. The lowest BCUT2D eigenvalue weighted by Crippen LogP contribution is -2.44. The number of carbonyl (C=O) groups excluding carboxylic acids is 1. The SMILES string of the molecule is CC(C)CC1NC2(CCCC2)C(=O)N1CCCN(C)C. The Morgan fingerprint density at radius 1 is 1.35 bits per heavy atom. The van der Waals surface area contributed by atoms with E-state index in [1.54, 1.807) is 0 Å². The van der Waals surface area contributed by atoms with Crippen LogP contribution in [0.2, 0.25) is 0 Å². The van der Waals surface area contributed by atoms with E-state index in [1.807, 2.05) is 0 Å². The first-order chi connectivity index (χ1) is 9.44. The highest BCUT2D eigenvalue weighted by molar-refractivity contribution is 5.89. The smallest absolute Gasteiger partial charge is 0.244 e. The molecule has 1 unspecified atom stereocenters. The van der Waals surface area contributed by atoms with Crippen LogP contribution in [0.1, 0.15) is 52.4 Å². The van der Waals surface area contributed by atoms with Gasteiger partial charge in [0, 0.05) is 6.54 Å². The summed E-state index contributed by atoms with van der Waals surface area (Å²) in [4.78, 5) is 17.2. The van der Waals surface area contributed by atoms with Crippen LogP contribution in [0.4, 0.5) is 0 Å².